The van der Waals surface area contributed by atoms with Crippen LogP contribution in [0.5, 0.6) is 0 Å². The Morgan fingerprint density at radius 1 is 1.40 bits per heavy atom. The number of esters is 1. The quantitative estimate of drug-likeness (QED) is 0.770. The van der Waals surface area contributed by atoms with Crippen molar-refractivity contribution in [2.45, 2.75) is 5.41 Å². The fourth-order valence-electron chi connectivity index (χ4n) is 1.67. The Hall–Kier alpha value is -0.870. The minimum atomic E-state index is -0.588. The van der Waals surface area contributed by atoms with Crippen LogP contribution in [0.25, 0.3) is 0 Å². The molecule has 0 aliphatic carbocycles. The smallest absolute Gasteiger partial charge is 0.321 e. The molecule has 1 aromatic rings. The van der Waals surface area contributed by atoms with E-state index in [-0.39, 0.29) is 5.97 Å². The van der Waals surface area contributed by atoms with Gasteiger partial charge in [-0.25, -0.2) is 0 Å². The number of rotatable bonds is 2. The van der Waals surface area contributed by atoms with Crippen molar-refractivity contribution in [1.82, 2.24) is 0 Å². The Bertz CT molecular complexity index is 368. The predicted molar refractivity (Wildman–Crippen MR) is 58.7 cm³/mol. The molecule has 15 heavy (non-hydrogen) atoms. The van der Waals surface area contributed by atoms with E-state index in [0.717, 1.165) is 10.0 Å². The number of benzene rings is 1. The zero-order valence-corrected chi connectivity index (χ0v) is 9.91. The van der Waals surface area contributed by atoms with E-state index in [9.17, 15) is 4.79 Å². The van der Waals surface area contributed by atoms with Crippen LogP contribution in [0.4, 0.5) is 0 Å². The summed E-state index contributed by atoms with van der Waals surface area (Å²) in [5.41, 5.74) is 0.360. The molecule has 0 N–H and O–H groups in total. The number of carbonyl (C=O) groups is 1. The summed E-state index contributed by atoms with van der Waals surface area (Å²) in [7, 11) is 1.40. The highest BCUT2D eigenvalue weighted by atomic mass is 79.9. The summed E-state index contributed by atoms with van der Waals surface area (Å²) >= 11 is 3.36. The van der Waals surface area contributed by atoms with Crippen molar-refractivity contribution in [3.05, 3.63) is 34.3 Å². The van der Waals surface area contributed by atoms with Crippen LogP contribution in [0.2, 0.25) is 0 Å². The van der Waals surface area contributed by atoms with Gasteiger partial charge in [-0.1, -0.05) is 28.1 Å². The third kappa shape index (κ3) is 1.68. The van der Waals surface area contributed by atoms with Crippen LogP contribution in [-0.2, 0) is 19.7 Å². The lowest BCUT2D eigenvalue weighted by molar-refractivity contribution is -0.166. The Labute approximate surface area is 96.5 Å². The van der Waals surface area contributed by atoms with Crippen molar-refractivity contribution in [2.75, 3.05) is 20.3 Å². The molecule has 0 bridgehead atoms. The topological polar surface area (TPSA) is 35.5 Å². The second-order valence-corrected chi connectivity index (χ2v) is 4.49. The lowest BCUT2D eigenvalue weighted by Crippen LogP contribution is -2.53. The van der Waals surface area contributed by atoms with Gasteiger partial charge in [-0.3, -0.25) is 4.79 Å². The van der Waals surface area contributed by atoms with E-state index in [1.807, 2.05) is 24.3 Å². The van der Waals surface area contributed by atoms with Crippen LogP contribution in [0, 0.1) is 0 Å². The maximum absolute atomic E-state index is 11.7. The van der Waals surface area contributed by atoms with E-state index >= 15 is 0 Å². The zero-order valence-electron chi connectivity index (χ0n) is 8.33. The molecule has 0 spiro atoms. The van der Waals surface area contributed by atoms with Gasteiger partial charge >= 0.3 is 5.97 Å². The minimum Gasteiger partial charge on any atom is -0.468 e. The van der Waals surface area contributed by atoms with Gasteiger partial charge in [0.15, 0.2) is 0 Å². The first kappa shape index (κ1) is 10.6. The second-order valence-electron chi connectivity index (χ2n) is 3.57. The molecular weight excluding hydrogens is 260 g/mol. The van der Waals surface area contributed by atoms with E-state index in [4.69, 9.17) is 9.47 Å². The Morgan fingerprint density at radius 2 is 2.00 bits per heavy atom. The molecule has 3 nitrogen and oxygen atoms in total. The lowest BCUT2D eigenvalue weighted by atomic mass is 9.79. The van der Waals surface area contributed by atoms with Gasteiger partial charge in [-0.15, -0.1) is 0 Å². The zero-order chi connectivity index (χ0) is 10.9. The van der Waals surface area contributed by atoms with Gasteiger partial charge in [0.1, 0.15) is 5.41 Å². The molecule has 0 aromatic heterocycles. The fraction of sp³-hybridized carbons (Fsp3) is 0.364. The molecule has 0 saturated carbocycles. The third-order valence-electron chi connectivity index (χ3n) is 2.67. The van der Waals surface area contributed by atoms with Crippen LogP contribution in [0.15, 0.2) is 28.7 Å². The molecule has 4 heteroatoms. The molecule has 1 fully saturated rings. The first-order valence-corrected chi connectivity index (χ1v) is 5.40. The molecular formula is C11H11BrO3. The fourth-order valence-corrected chi connectivity index (χ4v) is 1.94. The summed E-state index contributed by atoms with van der Waals surface area (Å²) in [5, 5.41) is 0. The average molecular weight is 271 g/mol. The van der Waals surface area contributed by atoms with Crippen molar-refractivity contribution in [3.63, 3.8) is 0 Å². The van der Waals surface area contributed by atoms with Gasteiger partial charge in [0.2, 0.25) is 0 Å². The average Bonchev–Trinajstić information content (AvgIpc) is 2.19. The first-order chi connectivity index (χ1) is 7.19. The van der Waals surface area contributed by atoms with Crippen molar-refractivity contribution < 1.29 is 14.3 Å². The van der Waals surface area contributed by atoms with Crippen LogP contribution in [-0.4, -0.2) is 26.3 Å². The largest absolute Gasteiger partial charge is 0.468 e. The molecule has 1 aliphatic heterocycles. The van der Waals surface area contributed by atoms with Crippen molar-refractivity contribution >= 4 is 21.9 Å². The summed E-state index contributed by atoms with van der Waals surface area (Å²) in [5.74, 6) is -0.226. The van der Waals surface area contributed by atoms with Gasteiger partial charge in [-0.2, -0.15) is 0 Å². The maximum Gasteiger partial charge on any atom is 0.321 e. The molecule has 2 rings (SSSR count). The highest BCUT2D eigenvalue weighted by Gasteiger charge is 2.48. The molecule has 0 amide bonds. The Morgan fingerprint density at radius 3 is 2.40 bits per heavy atom. The van der Waals surface area contributed by atoms with E-state index in [0.29, 0.717) is 13.2 Å². The summed E-state index contributed by atoms with van der Waals surface area (Å²) < 4.78 is 10.9. The van der Waals surface area contributed by atoms with E-state index in [1.165, 1.54) is 7.11 Å². The van der Waals surface area contributed by atoms with Crippen molar-refractivity contribution in [2.24, 2.45) is 0 Å². The molecule has 0 atom stereocenters. The van der Waals surface area contributed by atoms with Crippen LogP contribution >= 0.6 is 15.9 Å². The van der Waals surface area contributed by atoms with E-state index in [2.05, 4.69) is 15.9 Å². The molecule has 0 radical (unpaired) electrons. The van der Waals surface area contributed by atoms with Gasteiger partial charge < -0.3 is 9.47 Å². The summed E-state index contributed by atoms with van der Waals surface area (Å²) in [4.78, 5) is 11.7. The summed E-state index contributed by atoms with van der Waals surface area (Å²) in [6, 6.07) is 7.67. The predicted octanol–water partition coefficient (Wildman–Crippen LogP) is 1.89. The number of carbonyl (C=O) groups excluding carboxylic acids is 1. The monoisotopic (exact) mass is 270 g/mol. The lowest BCUT2D eigenvalue weighted by Gasteiger charge is -2.38. The van der Waals surface area contributed by atoms with Gasteiger partial charge in [-0.05, 0) is 17.7 Å². The van der Waals surface area contributed by atoms with Gasteiger partial charge in [0, 0.05) is 4.47 Å². The number of halogens is 1. The number of hydrogen-bond acceptors (Lipinski definition) is 3. The highest BCUT2D eigenvalue weighted by molar-refractivity contribution is 9.10. The SMILES string of the molecule is COC(=O)C1(c2ccc(Br)cc2)COC1. The molecule has 0 unspecified atom stereocenters. The third-order valence-corrected chi connectivity index (χ3v) is 3.20. The molecule has 1 aliphatic rings. The first-order valence-electron chi connectivity index (χ1n) is 4.61. The van der Waals surface area contributed by atoms with Crippen LogP contribution < -0.4 is 0 Å². The number of hydrogen-bond donors (Lipinski definition) is 0. The van der Waals surface area contributed by atoms with Gasteiger partial charge in [0.25, 0.3) is 0 Å². The van der Waals surface area contributed by atoms with Crippen LogP contribution in [0.1, 0.15) is 5.56 Å². The van der Waals surface area contributed by atoms with E-state index in [1.54, 1.807) is 0 Å². The summed E-state index contributed by atoms with van der Waals surface area (Å²) in [6.07, 6.45) is 0. The second kappa shape index (κ2) is 3.94. The Balaban J connectivity index is 2.34. The van der Waals surface area contributed by atoms with Crippen molar-refractivity contribution in [3.8, 4) is 0 Å². The number of ether oxygens (including phenoxy) is 2. The summed E-state index contributed by atoms with van der Waals surface area (Å²) in [6.45, 7) is 0.808. The van der Waals surface area contributed by atoms with Gasteiger partial charge in [0.05, 0.1) is 20.3 Å². The molecule has 80 valence electrons. The normalized spacial score (nSPS) is 18.0. The molecule has 1 saturated heterocycles. The Kier molecular flexibility index (Phi) is 2.80. The minimum absolute atomic E-state index is 0.226. The maximum atomic E-state index is 11.7. The van der Waals surface area contributed by atoms with Crippen LogP contribution in [0.3, 0.4) is 0 Å². The molecule has 1 aromatic carbocycles. The molecule has 1 heterocycles. The number of methoxy groups -OCH3 is 1. The van der Waals surface area contributed by atoms with Crippen molar-refractivity contribution in [1.29, 1.82) is 0 Å². The highest BCUT2D eigenvalue weighted by Crippen LogP contribution is 2.34. The van der Waals surface area contributed by atoms with E-state index < -0.39 is 5.41 Å². The standard InChI is InChI=1S/C11H11BrO3/c1-14-10(13)11(6-15-7-11)8-2-4-9(12)5-3-8/h2-5H,6-7H2,1H3.